The molecule has 1 aliphatic rings. The van der Waals surface area contributed by atoms with Gasteiger partial charge in [0.15, 0.2) is 5.96 Å². The van der Waals surface area contributed by atoms with Gasteiger partial charge >= 0.3 is 6.18 Å². The SMILES string of the molecule is CC1CCN(C(=N)N(CC(C)(C)CN)c2ccc(OCCCC(F)(F)F)cc2)CC1. The first kappa shape index (κ1) is 24.3. The second kappa shape index (κ2) is 10.4. The molecule has 0 radical (unpaired) electrons. The van der Waals surface area contributed by atoms with Gasteiger partial charge in [-0.3, -0.25) is 5.41 Å². The summed E-state index contributed by atoms with van der Waals surface area (Å²) in [5.41, 5.74) is 6.61. The summed E-state index contributed by atoms with van der Waals surface area (Å²) in [6, 6.07) is 7.20. The Morgan fingerprint density at radius 2 is 1.80 bits per heavy atom. The minimum atomic E-state index is -4.16. The van der Waals surface area contributed by atoms with Crippen molar-refractivity contribution in [3.8, 4) is 5.75 Å². The third-order valence-corrected chi connectivity index (χ3v) is 5.50. The van der Waals surface area contributed by atoms with Crippen molar-refractivity contribution in [3.63, 3.8) is 0 Å². The molecule has 1 aromatic carbocycles. The Labute approximate surface area is 177 Å². The summed E-state index contributed by atoms with van der Waals surface area (Å²) in [6.45, 7) is 9.22. The maximum Gasteiger partial charge on any atom is 0.389 e. The Balaban J connectivity index is 2.07. The van der Waals surface area contributed by atoms with Crippen molar-refractivity contribution in [2.75, 3.05) is 37.7 Å². The van der Waals surface area contributed by atoms with E-state index in [-0.39, 0.29) is 18.4 Å². The number of halogens is 3. The minimum Gasteiger partial charge on any atom is -0.494 e. The zero-order chi connectivity index (χ0) is 22.4. The van der Waals surface area contributed by atoms with Crippen molar-refractivity contribution < 1.29 is 17.9 Å². The number of nitrogens with two attached hydrogens (primary N) is 1. The molecule has 0 bridgehead atoms. The van der Waals surface area contributed by atoms with Crippen LogP contribution in [0.4, 0.5) is 18.9 Å². The zero-order valence-electron chi connectivity index (χ0n) is 18.3. The monoisotopic (exact) mass is 428 g/mol. The summed E-state index contributed by atoms with van der Waals surface area (Å²) in [7, 11) is 0. The lowest BCUT2D eigenvalue weighted by molar-refractivity contribution is -0.136. The standard InChI is InChI=1S/C22H35F3N4O/c1-17-9-12-28(13-10-17)20(27)29(16-21(2,3)15-26)18-5-7-19(8-6-18)30-14-4-11-22(23,24)25/h5-8,17,27H,4,9-16,26H2,1-3H3. The maximum atomic E-state index is 12.2. The lowest BCUT2D eigenvalue weighted by Crippen LogP contribution is -2.51. The Morgan fingerprint density at radius 1 is 1.20 bits per heavy atom. The largest absolute Gasteiger partial charge is 0.494 e. The molecule has 3 N–H and O–H groups in total. The van der Waals surface area contributed by atoms with E-state index in [1.165, 1.54) is 0 Å². The van der Waals surface area contributed by atoms with Crippen molar-refractivity contribution in [1.29, 1.82) is 5.41 Å². The van der Waals surface area contributed by atoms with E-state index in [1.54, 1.807) is 12.1 Å². The van der Waals surface area contributed by atoms with Crippen molar-refractivity contribution in [2.24, 2.45) is 17.1 Å². The summed E-state index contributed by atoms with van der Waals surface area (Å²) < 4.78 is 42.2. The van der Waals surface area contributed by atoms with Crippen molar-refractivity contribution in [1.82, 2.24) is 4.90 Å². The third kappa shape index (κ3) is 7.70. The van der Waals surface area contributed by atoms with Gasteiger partial charge in [0, 0.05) is 31.7 Å². The molecule has 170 valence electrons. The fourth-order valence-corrected chi connectivity index (χ4v) is 3.36. The first-order chi connectivity index (χ1) is 14.0. The molecule has 0 saturated carbocycles. The van der Waals surface area contributed by atoms with Gasteiger partial charge in [0.25, 0.3) is 0 Å². The summed E-state index contributed by atoms with van der Waals surface area (Å²) in [5.74, 6) is 1.66. The van der Waals surface area contributed by atoms with Crippen LogP contribution < -0.4 is 15.4 Å². The molecule has 0 spiro atoms. The lowest BCUT2D eigenvalue weighted by atomic mass is 9.92. The van der Waals surface area contributed by atoms with Crippen LogP contribution in [-0.4, -0.2) is 49.8 Å². The third-order valence-electron chi connectivity index (χ3n) is 5.50. The number of hydrogen-bond donors (Lipinski definition) is 2. The van der Waals surface area contributed by atoms with Gasteiger partial charge in [-0.2, -0.15) is 13.2 Å². The topological polar surface area (TPSA) is 65.6 Å². The number of likely N-dealkylation sites (tertiary alicyclic amines) is 1. The maximum absolute atomic E-state index is 12.2. The Hall–Kier alpha value is -1.96. The number of benzene rings is 1. The van der Waals surface area contributed by atoms with Crippen molar-refractivity contribution in [3.05, 3.63) is 24.3 Å². The average molecular weight is 429 g/mol. The van der Waals surface area contributed by atoms with Gasteiger partial charge in [-0.15, -0.1) is 0 Å². The number of nitrogens with one attached hydrogen (secondary N) is 1. The number of piperidine rings is 1. The molecule has 30 heavy (non-hydrogen) atoms. The summed E-state index contributed by atoms with van der Waals surface area (Å²) in [6.07, 6.45) is -2.93. The molecule has 1 heterocycles. The molecule has 0 unspecified atom stereocenters. The number of alkyl halides is 3. The average Bonchev–Trinajstić information content (AvgIpc) is 2.69. The van der Waals surface area contributed by atoms with Crippen LogP contribution in [0.1, 0.15) is 46.5 Å². The van der Waals surface area contributed by atoms with E-state index in [0.29, 0.717) is 30.7 Å². The highest BCUT2D eigenvalue weighted by molar-refractivity contribution is 5.94. The fraction of sp³-hybridized carbons (Fsp3) is 0.682. The molecule has 1 aromatic rings. The van der Waals surface area contributed by atoms with E-state index in [0.717, 1.165) is 31.6 Å². The molecule has 0 aromatic heterocycles. The number of ether oxygens (including phenoxy) is 1. The normalized spacial score (nSPS) is 15.9. The van der Waals surface area contributed by atoms with Gasteiger partial charge in [0.05, 0.1) is 6.61 Å². The number of rotatable bonds is 8. The molecule has 8 heteroatoms. The molecule has 1 aliphatic heterocycles. The highest BCUT2D eigenvalue weighted by Gasteiger charge is 2.28. The second-order valence-electron chi connectivity index (χ2n) is 9.01. The molecule has 0 atom stereocenters. The molecule has 2 rings (SSSR count). The minimum absolute atomic E-state index is 0.0184. The smallest absolute Gasteiger partial charge is 0.389 e. The Kier molecular flexibility index (Phi) is 8.41. The van der Waals surface area contributed by atoms with Gasteiger partial charge in [0.2, 0.25) is 0 Å². The summed E-state index contributed by atoms with van der Waals surface area (Å²) in [4.78, 5) is 4.07. The summed E-state index contributed by atoms with van der Waals surface area (Å²) in [5, 5.41) is 8.82. The molecule has 0 aliphatic carbocycles. The zero-order valence-corrected chi connectivity index (χ0v) is 18.3. The fourth-order valence-electron chi connectivity index (χ4n) is 3.36. The molecular formula is C22H35F3N4O. The van der Waals surface area contributed by atoms with Gasteiger partial charge in [-0.1, -0.05) is 20.8 Å². The number of anilines is 1. The van der Waals surface area contributed by atoms with Crippen LogP contribution in [-0.2, 0) is 0 Å². The van der Waals surface area contributed by atoms with Crippen LogP contribution in [0.5, 0.6) is 5.75 Å². The van der Waals surface area contributed by atoms with Gasteiger partial charge in [-0.05, 0) is 61.4 Å². The first-order valence-electron chi connectivity index (χ1n) is 10.6. The van der Waals surface area contributed by atoms with E-state index >= 15 is 0 Å². The van der Waals surface area contributed by atoms with Crippen LogP contribution >= 0.6 is 0 Å². The van der Waals surface area contributed by atoms with E-state index in [1.807, 2.05) is 17.0 Å². The van der Waals surface area contributed by atoms with Crippen LogP contribution in [0.3, 0.4) is 0 Å². The van der Waals surface area contributed by atoms with Gasteiger partial charge < -0.3 is 20.3 Å². The molecule has 5 nitrogen and oxygen atoms in total. The second-order valence-corrected chi connectivity index (χ2v) is 9.01. The van der Waals surface area contributed by atoms with Gasteiger partial charge in [-0.25, -0.2) is 0 Å². The highest BCUT2D eigenvalue weighted by atomic mass is 19.4. The van der Waals surface area contributed by atoms with E-state index in [2.05, 4.69) is 25.7 Å². The molecular weight excluding hydrogens is 393 g/mol. The predicted molar refractivity (Wildman–Crippen MR) is 115 cm³/mol. The number of nitrogens with zero attached hydrogens (tertiary/aromatic N) is 2. The van der Waals surface area contributed by atoms with Crippen molar-refractivity contribution in [2.45, 2.75) is 52.6 Å². The first-order valence-corrected chi connectivity index (χ1v) is 10.6. The van der Waals surface area contributed by atoms with Crippen LogP contribution in [0.2, 0.25) is 0 Å². The number of hydrogen-bond acceptors (Lipinski definition) is 3. The highest BCUT2D eigenvalue weighted by Crippen LogP contribution is 2.27. The quantitative estimate of drug-likeness (QED) is 0.352. The molecule has 1 saturated heterocycles. The van der Waals surface area contributed by atoms with E-state index in [9.17, 15) is 13.2 Å². The van der Waals surface area contributed by atoms with Crippen LogP contribution in [0, 0.1) is 16.7 Å². The Morgan fingerprint density at radius 3 is 2.33 bits per heavy atom. The van der Waals surface area contributed by atoms with Crippen LogP contribution in [0.25, 0.3) is 0 Å². The molecule has 0 amide bonds. The van der Waals surface area contributed by atoms with Crippen LogP contribution in [0.15, 0.2) is 24.3 Å². The van der Waals surface area contributed by atoms with Gasteiger partial charge in [0.1, 0.15) is 5.75 Å². The predicted octanol–water partition coefficient (Wildman–Crippen LogP) is 4.87. The van der Waals surface area contributed by atoms with E-state index in [4.69, 9.17) is 15.9 Å². The lowest BCUT2D eigenvalue weighted by Gasteiger charge is -2.40. The molecule has 1 fully saturated rings. The summed E-state index contributed by atoms with van der Waals surface area (Å²) >= 11 is 0. The van der Waals surface area contributed by atoms with E-state index < -0.39 is 12.6 Å². The number of guanidine groups is 1. The Bertz CT molecular complexity index is 668. The van der Waals surface area contributed by atoms with Crippen molar-refractivity contribution >= 4 is 11.6 Å².